The molecule has 1 rings (SSSR count). The van der Waals surface area contributed by atoms with Gasteiger partial charge in [-0.1, -0.05) is 0 Å². The van der Waals surface area contributed by atoms with Crippen molar-refractivity contribution >= 4 is 11.8 Å². The first-order chi connectivity index (χ1) is 3.30. The lowest BCUT2D eigenvalue weighted by molar-refractivity contribution is 0.0572. The lowest BCUT2D eigenvalue weighted by Gasteiger charge is -2.01. The van der Waals surface area contributed by atoms with Crippen molar-refractivity contribution in [2.75, 3.05) is 11.5 Å². The quantitative estimate of drug-likeness (QED) is 0.451. The van der Waals surface area contributed by atoms with Gasteiger partial charge in [0.25, 0.3) is 0 Å². The molecule has 1 heterocycles. The number of hydrogen-bond donors (Lipinski definition) is 2. The van der Waals surface area contributed by atoms with E-state index in [1.807, 2.05) is 0 Å². The molecule has 1 aliphatic heterocycles. The maximum absolute atomic E-state index is 8.73. The minimum absolute atomic E-state index is 0.468. The fraction of sp³-hybridized carbons (Fsp3) is 1.00. The highest BCUT2D eigenvalue weighted by Gasteiger charge is 2.22. The zero-order chi connectivity index (χ0) is 5.28. The molecule has 2 N–H and O–H groups in total. The Morgan fingerprint density at radius 1 is 1.14 bits per heavy atom. The van der Waals surface area contributed by atoms with Crippen LogP contribution in [0.3, 0.4) is 0 Å². The summed E-state index contributed by atoms with van der Waals surface area (Å²) < 4.78 is 0. The van der Waals surface area contributed by atoms with Crippen LogP contribution in [0, 0.1) is 0 Å². The average molecular weight is 120 g/mol. The number of rotatable bonds is 0. The van der Waals surface area contributed by atoms with Crippen molar-refractivity contribution in [3.8, 4) is 0 Å². The van der Waals surface area contributed by atoms with Crippen molar-refractivity contribution in [2.45, 2.75) is 12.2 Å². The van der Waals surface area contributed by atoms with Gasteiger partial charge >= 0.3 is 0 Å². The predicted molar refractivity (Wildman–Crippen MR) is 29.3 cm³/mol. The lowest BCUT2D eigenvalue weighted by Crippen LogP contribution is -2.22. The summed E-state index contributed by atoms with van der Waals surface area (Å²) in [5.74, 6) is 1.39. The van der Waals surface area contributed by atoms with Gasteiger partial charge in [-0.3, -0.25) is 0 Å². The molecule has 0 saturated carbocycles. The number of aliphatic hydroxyl groups is 2. The maximum atomic E-state index is 8.73. The average Bonchev–Trinajstić information content (AvgIpc) is 1.91. The molecule has 2 nitrogen and oxygen atoms in total. The smallest absolute Gasteiger partial charge is 0.0897 e. The van der Waals surface area contributed by atoms with Gasteiger partial charge in [-0.25, -0.2) is 0 Å². The second kappa shape index (κ2) is 2.03. The Labute approximate surface area is 46.5 Å². The Morgan fingerprint density at radius 3 is 1.71 bits per heavy atom. The van der Waals surface area contributed by atoms with Crippen LogP contribution in [0.1, 0.15) is 0 Å². The molecule has 2 atom stereocenters. The molecule has 0 aromatic heterocycles. The number of hydrogen-bond acceptors (Lipinski definition) is 3. The van der Waals surface area contributed by atoms with E-state index < -0.39 is 12.2 Å². The van der Waals surface area contributed by atoms with Gasteiger partial charge in [0.05, 0.1) is 12.2 Å². The zero-order valence-corrected chi connectivity index (χ0v) is 4.69. The molecule has 42 valence electrons. The van der Waals surface area contributed by atoms with Crippen molar-refractivity contribution in [3.63, 3.8) is 0 Å². The van der Waals surface area contributed by atoms with Crippen LogP contribution in [0.5, 0.6) is 0 Å². The summed E-state index contributed by atoms with van der Waals surface area (Å²) in [6.07, 6.45) is -0.935. The van der Waals surface area contributed by atoms with E-state index in [0.29, 0.717) is 11.5 Å². The standard InChI is InChI=1S/C4H8O2S/c5-3-1-7-2-4(3)6/h3-6H,1-2H2/t3-,4+. The highest BCUT2D eigenvalue weighted by atomic mass is 32.2. The Hall–Kier alpha value is 0.270. The third kappa shape index (κ3) is 1.08. The van der Waals surface area contributed by atoms with Crippen molar-refractivity contribution in [1.82, 2.24) is 0 Å². The van der Waals surface area contributed by atoms with E-state index in [2.05, 4.69) is 0 Å². The lowest BCUT2D eigenvalue weighted by atomic mass is 10.3. The van der Waals surface area contributed by atoms with Crippen LogP contribution < -0.4 is 0 Å². The van der Waals surface area contributed by atoms with E-state index >= 15 is 0 Å². The van der Waals surface area contributed by atoms with Crippen molar-refractivity contribution in [2.24, 2.45) is 0 Å². The molecule has 0 amide bonds. The van der Waals surface area contributed by atoms with Gasteiger partial charge in [0, 0.05) is 11.5 Å². The number of aliphatic hydroxyl groups excluding tert-OH is 2. The maximum Gasteiger partial charge on any atom is 0.0897 e. The fourth-order valence-electron chi connectivity index (χ4n) is 0.532. The Bertz CT molecular complexity index is 58.7. The van der Waals surface area contributed by atoms with Crippen molar-refractivity contribution in [3.05, 3.63) is 0 Å². The first-order valence-electron chi connectivity index (χ1n) is 2.24. The van der Waals surface area contributed by atoms with E-state index in [1.165, 1.54) is 0 Å². The largest absolute Gasteiger partial charge is 0.390 e. The Kier molecular flexibility index (Phi) is 1.57. The summed E-state index contributed by atoms with van der Waals surface area (Å²) in [7, 11) is 0. The highest BCUT2D eigenvalue weighted by molar-refractivity contribution is 7.99. The highest BCUT2D eigenvalue weighted by Crippen LogP contribution is 2.16. The van der Waals surface area contributed by atoms with Crippen LogP contribution >= 0.6 is 11.8 Å². The molecular formula is C4H8O2S. The Balaban J connectivity index is 2.33. The van der Waals surface area contributed by atoms with Gasteiger partial charge in [-0.15, -0.1) is 0 Å². The SMILES string of the molecule is O[C@@H]1CSC[C@@H]1O. The van der Waals surface area contributed by atoms with Gasteiger partial charge in [0.15, 0.2) is 0 Å². The Morgan fingerprint density at radius 2 is 1.57 bits per heavy atom. The first kappa shape index (κ1) is 5.41. The molecular weight excluding hydrogens is 112 g/mol. The zero-order valence-electron chi connectivity index (χ0n) is 3.87. The molecule has 0 aromatic carbocycles. The van der Waals surface area contributed by atoms with Crippen LogP contribution in [-0.4, -0.2) is 33.9 Å². The first-order valence-corrected chi connectivity index (χ1v) is 3.40. The van der Waals surface area contributed by atoms with Crippen LogP contribution in [0.4, 0.5) is 0 Å². The third-order valence-corrected chi connectivity index (χ3v) is 2.18. The van der Waals surface area contributed by atoms with Crippen LogP contribution in [0.25, 0.3) is 0 Å². The topological polar surface area (TPSA) is 40.5 Å². The van der Waals surface area contributed by atoms with Crippen molar-refractivity contribution in [1.29, 1.82) is 0 Å². The molecule has 7 heavy (non-hydrogen) atoms. The van der Waals surface area contributed by atoms with Gasteiger partial charge in [-0.05, 0) is 0 Å². The van der Waals surface area contributed by atoms with Gasteiger partial charge in [-0.2, -0.15) is 11.8 Å². The molecule has 1 fully saturated rings. The fourth-order valence-corrected chi connectivity index (χ4v) is 1.60. The second-order valence-corrected chi connectivity index (χ2v) is 2.75. The second-order valence-electron chi connectivity index (χ2n) is 1.67. The van der Waals surface area contributed by atoms with Crippen LogP contribution in [0.2, 0.25) is 0 Å². The summed E-state index contributed by atoms with van der Waals surface area (Å²) in [4.78, 5) is 0. The molecule has 0 unspecified atom stereocenters. The summed E-state index contributed by atoms with van der Waals surface area (Å²) in [5, 5.41) is 17.5. The molecule has 0 bridgehead atoms. The molecule has 0 radical (unpaired) electrons. The third-order valence-electron chi connectivity index (χ3n) is 1.02. The molecule has 0 spiro atoms. The van der Waals surface area contributed by atoms with Gasteiger partial charge in [0.2, 0.25) is 0 Å². The molecule has 0 aromatic rings. The summed E-state index contributed by atoms with van der Waals surface area (Å²) >= 11 is 1.59. The van der Waals surface area contributed by atoms with E-state index in [9.17, 15) is 0 Å². The van der Waals surface area contributed by atoms with E-state index in [-0.39, 0.29) is 0 Å². The summed E-state index contributed by atoms with van der Waals surface area (Å²) in [6, 6.07) is 0. The van der Waals surface area contributed by atoms with Gasteiger partial charge in [0.1, 0.15) is 0 Å². The molecule has 1 aliphatic rings. The normalized spacial score (nSPS) is 42.0. The monoisotopic (exact) mass is 120 g/mol. The van der Waals surface area contributed by atoms with E-state index in [4.69, 9.17) is 10.2 Å². The number of thioether (sulfide) groups is 1. The van der Waals surface area contributed by atoms with Crippen LogP contribution in [0.15, 0.2) is 0 Å². The predicted octanol–water partition coefficient (Wildman–Crippen LogP) is -0.545. The van der Waals surface area contributed by atoms with E-state index in [1.54, 1.807) is 11.8 Å². The van der Waals surface area contributed by atoms with Crippen LogP contribution in [-0.2, 0) is 0 Å². The van der Waals surface area contributed by atoms with Gasteiger partial charge < -0.3 is 10.2 Å². The summed E-state index contributed by atoms with van der Waals surface area (Å²) in [6.45, 7) is 0. The molecule has 3 heteroatoms. The summed E-state index contributed by atoms with van der Waals surface area (Å²) in [5.41, 5.74) is 0. The molecule has 0 aliphatic carbocycles. The van der Waals surface area contributed by atoms with Crippen molar-refractivity contribution < 1.29 is 10.2 Å². The van der Waals surface area contributed by atoms with E-state index in [0.717, 1.165) is 0 Å². The minimum Gasteiger partial charge on any atom is -0.390 e. The molecule has 1 saturated heterocycles. The minimum atomic E-state index is -0.468.